The van der Waals surface area contributed by atoms with Gasteiger partial charge in [0, 0.05) is 0 Å². The second-order valence-corrected chi connectivity index (χ2v) is 42.4. The van der Waals surface area contributed by atoms with Crippen molar-refractivity contribution in [1.82, 2.24) is 0 Å². The number of hydrogen-bond acceptors (Lipinski definition) is 21. The van der Waals surface area contributed by atoms with Gasteiger partial charge in [0.25, 0.3) is 0 Å². The maximum Gasteiger partial charge on any atom is 0.404 e. The monoisotopic (exact) mass is 2120 g/mol. The average Bonchev–Trinajstić information content (AvgIpc) is 1.56. The summed E-state index contributed by atoms with van der Waals surface area (Å²) < 4.78 is 189. The number of hydrogen-bond donors (Lipinski definition) is 0. The van der Waals surface area contributed by atoms with E-state index in [1.807, 2.05) is 90.0 Å². The van der Waals surface area contributed by atoms with Gasteiger partial charge in [-0.15, -0.1) is 0 Å². The van der Waals surface area contributed by atoms with E-state index in [0.717, 1.165) is 181 Å². The van der Waals surface area contributed by atoms with E-state index in [-0.39, 0.29) is 208 Å². The van der Waals surface area contributed by atoms with Crippen molar-refractivity contribution < 1.29 is 139 Å². The number of fused-ring (bicyclic) bond motifs is 4. The third kappa shape index (κ3) is 49.1. The molecule has 4 bridgehead atoms. The third-order valence-electron chi connectivity index (χ3n) is 32.0. The molecule has 0 spiro atoms. The molecular weight excluding hydrogens is 1890 g/mol. The summed E-state index contributed by atoms with van der Waals surface area (Å²) in [6, 6.07) is 0. The Kier molecular flexibility index (Phi) is 85.8. The van der Waals surface area contributed by atoms with E-state index in [2.05, 4.69) is 55.8 Å². The fourth-order valence-electron chi connectivity index (χ4n) is 18.0. The van der Waals surface area contributed by atoms with Gasteiger partial charge in [-0.2, -0.15) is 39.5 Å². The molecule has 0 heterocycles. The Morgan fingerprint density at radius 2 is 0.538 bits per heavy atom. The Bertz CT molecular complexity index is 3340. The van der Waals surface area contributed by atoms with Crippen LogP contribution in [0.4, 0.5) is 39.5 Å². The Labute approximate surface area is 884 Å². The number of alkyl halides is 9. The number of carbonyl (C=O) groups is 7. The lowest BCUT2D eigenvalue weighted by Crippen LogP contribution is -2.43. The van der Waals surface area contributed by atoms with Crippen molar-refractivity contribution in [2.24, 2.45) is 83.7 Å². The van der Waals surface area contributed by atoms with E-state index in [9.17, 15) is 73.1 Å². The Hall–Kier alpha value is -4.62. The highest BCUT2D eigenvalue weighted by atomic mass is 19.4. The van der Waals surface area contributed by atoms with Crippen LogP contribution in [-0.2, 0) is 99.9 Å². The van der Waals surface area contributed by atoms with Gasteiger partial charge in [0.05, 0.1) is 65.9 Å². The molecule has 145 heavy (non-hydrogen) atoms. The smallest absolute Gasteiger partial charge is 0.404 e. The molecule has 12 unspecified atom stereocenters. The van der Waals surface area contributed by atoms with Gasteiger partial charge in [0.15, 0.2) is 62.8 Å². The van der Waals surface area contributed by atoms with Gasteiger partial charge in [0.2, 0.25) is 0 Å². The van der Waals surface area contributed by atoms with Gasteiger partial charge in [-0.1, -0.05) is 291 Å². The van der Waals surface area contributed by atoms with Crippen molar-refractivity contribution in [3.63, 3.8) is 0 Å². The molecule has 880 valence electrons. The zero-order valence-electron chi connectivity index (χ0n) is 85.0. The second-order valence-electron chi connectivity index (χ2n) is 42.4. The zero-order chi connectivity index (χ0) is 99.5. The number of esters is 7. The van der Waals surface area contributed by atoms with Crippen LogP contribution in [0.15, 0.2) is 0 Å². The second kappa shape index (κ2) is 75.2. The molecule has 0 aliphatic heterocycles. The predicted molar refractivity (Wildman–Crippen MR) is 578 cm³/mol. The normalized spacial score (nSPS) is 22.7. The molecule has 12 atom stereocenters. The molecule has 9 fully saturated rings. The Morgan fingerprint density at radius 3 is 0.772 bits per heavy atom. The van der Waals surface area contributed by atoms with Crippen LogP contribution in [0, 0.1) is 83.7 Å². The van der Waals surface area contributed by atoms with Crippen LogP contribution in [0.25, 0.3) is 0 Å². The lowest BCUT2D eigenvalue weighted by atomic mass is 9.70. The van der Waals surface area contributed by atoms with Gasteiger partial charge in [-0.05, 0) is 269 Å². The number of rotatable bonds is 37. The Balaban J connectivity index is -0.000000140. The lowest BCUT2D eigenvalue weighted by molar-refractivity contribution is -0.238. The highest BCUT2D eigenvalue weighted by molar-refractivity contribution is 5.79. The van der Waals surface area contributed by atoms with Crippen LogP contribution in [-0.4, -0.2) is 151 Å². The van der Waals surface area contributed by atoms with E-state index in [1.165, 1.54) is 104 Å². The van der Waals surface area contributed by atoms with Crippen LogP contribution in [0.1, 0.15) is 515 Å². The molecule has 30 heteroatoms. The number of ether oxygens (including phenoxy) is 14. The topological polar surface area (TPSA) is 249 Å². The van der Waals surface area contributed by atoms with Gasteiger partial charge < -0.3 is 66.3 Å². The SMILES string of the molecule is C.C.C.C.C.C.C.C.C.C.C.C.C.C.CCC(C)(C(=O)OCOC1CCCC1)C(F)(F)F.CCC(C)(C(=O)OCOC1CCCCC1)C(F)(F)F.CCC(C)(C(=O)OCOC1CCCCCC1)C(F)(F)F.CCC(C)(C)C(=O)OC(C)OC1CC2CCC1(C)C2(C)C.CCC(C)(C)C(=O)OCOCC1CCCC1.CCC(C)(C)C(=O)OCOCC1CCCCC1.CCC(C)C(=O)OC(C)OC1CC2CCC1(C)C2(C)C. The Morgan fingerprint density at radius 1 is 0.303 bits per heavy atom. The largest absolute Gasteiger partial charge is 0.438 e. The minimum Gasteiger partial charge on any atom is -0.438 e. The van der Waals surface area contributed by atoms with Crippen molar-refractivity contribution in [1.29, 1.82) is 0 Å². The van der Waals surface area contributed by atoms with Gasteiger partial charge in [-0.25, -0.2) is 0 Å². The summed E-state index contributed by atoms with van der Waals surface area (Å²) in [5.74, 6) is -1.65. The van der Waals surface area contributed by atoms with Crippen LogP contribution in [0.2, 0.25) is 0 Å². The quantitative estimate of drug-likeness (QED) is 0.0140. The average molecular weight is 2120 g/mol. The molecule has 9 aliphatic carbocycles. The molecule has 0 radical (unpaired) electrons. The van der Waals surface area contributed by atoms with Crippen molar-refractivity contribution in [3.8, 4) is 0 Å². The first kappa shape index (κ1) is 165. The summed E-state index contributed by atoms with van der Waals surface area (Å²) in [7, 11) is 0. The van der Waals surface area contributed by atoms with Gasteiger partial charge >= 0.3 is 60.3 Å². The number of halogens is 9. The predicted octanol–water partition coefficient (Wildman–Crippen LogP) is 35.7. The highest BCUT2D eigenvalue weighted by Gasteiger charge is 2.65. The highest BCUT2D eigenvalue weighted by Crippen LogP contribution is 2.68. The maximum atomic E-state index is 12.8. The summed E-state index contributed by atoms with van der Waals surface area (Å²) in [5, 5.41) is 0. The van der Waals surface area contributed by atoms with E-state index in [0.29, 0.717) is 22.7 Å². The lowest BCUT2D eigenvalue weighted by Gasteiger charge is -2.39. The summed E-state index contributed by atoms with van der Waals surface area (Å²) in [5.41, 5.74) is -7.51. The number of carbonyl (C=O) groups excluding carboxylic acids is 7. The maximum absolute atomic E-state index is 12.8. The van der Waals surface area contributed by atoms with Crippen LogP contribution in [0.3, 0.4) is 0 Å². The fourth-order valence-corrected chi connectivity index (χ4v) is 18.0. The van der Waals surface area contributed by atoms with Crippen molar-refractivity contribution in [3.05, 3.63) is 0 Å². The standard InChI is InChI=1S/C18H32O3.C17H30O3.C14H23F3O3.C14H26O3.C13H21F3O3.C13H24O3.C12H19F3O3.14CH4/c1-8-16(3,4)15(19)21-12(2)20-14-11-13-9-10-18(14,7)17(13,5)6;1-7-11(2)15(18)20-12(3)19-14-10-13-8-9-17(14,6)16(13,4)5;1-3-13(2,14(15,16)17)12(18)20-10-19-11-8-6-4-5-7-9-11;1-4-14(2,3)13(15)17-11-16-10-12-8-6-5-7-9-12;1-3-12(2,13(14,15)16)11(17)19-9-18-10-7-5-4-6-8-10;1-4-13(2,3)12(14)16-10-15-9-11-7-5-6-8-11;1-3-11(2,12(13,14)15)10(16)18-8-17-9-6-4-5-7-9;;;;;;;;;;;;;;/h12-14H,8-11H2,1-7H3;11-14H,7-10H2,1-6H3;11H,3-10H2,1-2H3;12H,4-11H2,1-3H3;10H,3-9H2,1-2H3;11H,4-10H2,1-3H3;9H,3-8H2,1-2H3;14*1H4. The molecule has 9 saturated carbocycles. The molecule has 9 rings (SSSR count). The van der Waals surface area contributed by atoms with Crippen LogP contribution < -0.4 is 0 Å². The van der Waals surface area contributed by atoms with E-state index < -0.39 is 102 Å². The first-order valence-corrected chi connectivity index (χ1v) is 49.6. The van der Waals surface area contributed by atoms with Crippen molar-refractivity contribution >= 4 is 41.8 Å². The van der Waals surface area contributed by atoms with Gasteiger partial charge in [-0.3, -0.25) is 33.6 Å². The molecular formula is C115H231F9O21. The fraction of sp³-hybridized carbons (Fsp3) is 0.939. The van der Waals surface area contributed by atoms with Gasteiger partial charge in [0.1, 0.15) is 0 Å². The molecule has 0 aromatic heterocycles. The first-order valence-electron chi connectivity index (χ1n) is 49.6. The summed E-state index contributed by atoms with van der Waals surface area (Å²) in [4.78, 5) is 81.9. The summed E-state index contributed by atoms with van der Waals surface area (Å²) in [6.45, 7) is 46.2. The third-order valence-corrected chi connectivity index (χ3v) is 32.0. The first-order chi connectivity index (χ1) is 60.8. The molecule has 9 aliphatic rings. The zero-order valence-corrected chi connectivity index (χ0v) is 85.0. The molecule has 21 nitrogen and oxygen atoms in total. The summed E-state index contributed by atoms with van der Waals surface area (Å²) in [6.07, 6.45) is 21.8. The van der Waals surface area contributed by atoms with E-state index >= 15 is 0 Å². The molecule has 0 N–H and O–H groups in total. The van der Waals surface area contributed by atoms with Crippen molar-refractivity contribution in [2.45, 2.75) is 576 Å². The minimum absolute atomic E-state index is 0. The molecule has 0 amide bonds. The van der Waals surface area contributed by atoms with Crippen LogP contribution in [0.5, 0.6) is 0 Å². The summed E-state index contributed by atoms with van der Waals surface area (Å²) >= 11 is 0. The molecule has 0 saturated heterocycles. The van der Waals surface area contributed by atoms with E-state index in [1.54, 1.807) is 0 Å². The van der Waals surface area contributed by atoms with Crippen LogP contribution >= 0.6 is 0 Å². The molecule has 0 aromatic rings. The minimum atomic E-state index is -4.61. The molecule has 0 aromatic carbocycles. The van der Waals surface area contributed by atoms with Crippen molar-refractivity contribution in [2.75, 3.05) is 47.2 Å². The van der Waals surface area contributed by atoms with E-state index in [4.69, 9.17) is 52.1 Å².